The van der Waals surface area contributed by atoms with E-state index in [4.69, 9.17) is 15.5 Å². The maximum Gasteiger partial charge on any atom is 0.164 e. The molecule has 8 nitrogen and oxygen atoms in total. The third kappa shape index (κ3) is 3.75. The summed E-state index contributed by atoms with van der Waals surface area (Å²) in [6, 6.07) is 8.57. The fourth-order valence-corrected chi connectivity index (χ4v) is 4.81. The van der Waals surface area contributed by atoms with Crippen LogP contribution in [0.1, 0.15) is 62.0 Å². The molecule has 2 aromatic rings. The number of hydrogen-bond acceptors (Lipinski definition) is 5. The summed E-state index contributed by atoms with van der Waals surface area (Å²) in [5, 5.41) is 9.74. The third-order valence-corrected chi connectivity index (χ3v) is 6.24. The lowest BCUT2D eigenvalue weighted by Gasteiger charge is -2.43. The first-order valence-corrected chi connectivity index (χ1v) is 11.1. The molecule has 1 aliphatic heterocycles. The van der Waals surface area contributed by atoms with Crippen molar-refractivity contribution < 1.29 is 4.74 Å². The van der Waals surface area contributed by atoms with E-state index in [2.05, 4.69) is 27.9 Å². The summed E-state index contributed by atoms with van der Waals surface area (Å²) >= 11 is 0. The van der Waals surface area contributed by atoms with Crippen molar-refractivity contribution >= 4 is 23.6 Å². The lowest BCUT2D eigenvalue weighted by molar-refractivity contribution is 0.222. The summed E-state index contributed by atoms with van der Waals surface area (Å²) in [6.45, 7) is 4.17. The molecule has 32 heavy (non-hydrogen) atoms. The van der Waals surface area contributed by atoms with Crippen molar-refractivity contribution in [1.29, 1.82) is 5.26 Å². The first-order valence-electron chi connectivity index (χ1n) is 11.1. The zero-order valence-corrected chi connectivity index (χ0v) is 18.8. The van der Waals surface area contributed by atoms with Gasteiger partial charge in [0.2, 0.25) is 0 Å². The Labute approximate surface area is 188 Å². The van der Waals surface area contributed by atoms with E-state index in [1.54, 1.807) is 19.6 Å². The number of nitrogens with zero attached hydrogens (tertiary/aromatic N) is 6. The lowest BCUT2D eigenvalue weighted by atomic mass is 9.99. The molecule has 2 N–H and O–H groups in total. The normalized spacial score (nSPS) is 21.4. The lowest BCUT2D eigenvalue weighted by Crippen LogP contribution is -2.47. The molecule has 0 amide bonds. The van der Waals surface area contributed by atoms with E-state index < -0.39 is 0 Å². The Morgan fingerprint density at radius 1 is 1.34 bits per heavy atom. The number of amidine groups is 1. The van der Waals surface area contributed by atoms with Crippen LogP contribution in [0.4, 0.5) is 5.69 Å². The first kappa shape index (κ1) is 21.6. The van der Waals surface area contributed by atoms with E-state index in [1.807, 2.05) is 29.7 Å². The van der Waals surface area contributed by atoms with Gasteiger partial charge in [-0.25, -0.2) is 15.0 Å². The van der Waals surface area contributed by atoms with Gasteiger partial charge in [0.15, 0.2) is 11.5 Å². The van der Waals surface area contributed by atoms with E-state index in [0.29, 0.717) is 17.5 Å². The average Bonchev–Trinajstić information content (AvgIpc) is 3.48. The molecular weight excluding hydrogens is 402 g/mol. The largest absolute Gasteiger partial charge is 0.494 e. The molecule has 1 atom stereocenters. The summed E-state index contributed by atoms with van der Waals surface area (Å²) in [5.41, 5.74) is 9.50. The van der Waals surface area contributed by atoms with Crippen LogP contribution in [-0.2, 0) is 0 Å². The molecule has 166 valence electrons. The zero-order chi connectivity index (χ0) is 22.7. The number of hydrogen-bond donors (Lipinski definition) is 1. The Bertz CT molecular complexity index is 1120. The molecule has 4 rings (SSSR count). The summed E-state index contributed by atoms with van der Waals surface area (Å²) in [7, 11) is 1.66. The number of aryl methyl sites for hydroxylation is 1. The molecule has 2 aliphatic rings. The van der Waals surface area contributed by atoms with Crippen LogP contribution in [0.25, 0.3) is 5.70 Å². The van der Waals surface area contributed by atoms with Crippen molar-refractivity contribution in [2.24, 2.45) is 15.7 Å². The monoisotopic (exact) mass is 431 g/mol. The summed E-state index contributed by atoms with van der Waals surface area (Å²) < 4.78 is 7.57. The third-order valence-electron chi connectivity index (χ3n) is 6.24. The molecule has 0 bridgehead atoms. The van der Waals surface area contributed by atoms with Gasteiger partial charge in [0.1, 0.15) is 29.5 Å². The van der Waals surface area contributed by atoms with Gasteiger partial charge in [-0.15, -0.1) is 0 Å². The highest BCUT2D eigenvalue weighted by atomic mass is 16.5. The van der Waals surface area contributed by atoms with Crippen molar-refractivity contribution in [3.63, 3.8) is 0 Å². The number of imidazole rings is 1. The fraction of sp³-hybridized carbons (Fsp3) is 0.417. The molecule has 2 heterocycles. The molecule has 8 heteroatoms. The van der Waals surface area contributed by atoms with Crippen molar-refractivity contribution in [2.75, 3.05) is 7.11 Å². The average molecular weight is 432 g/mol. The van der Waals surface area contributed by atoms with E-state index in [0.717, 1.165) is 47.7 Å². The van der Waals surface area contributed by atoms with Gasteiger partial charge in [0, 0.05) is 6.04 Å². The van der Waals surface area contributed by atoms with E-state index in [9.17, 15) is 5.26 Å². The van der Waals surface area contributed by atoms with E-state index in [-0.39, 0.29) is 6.04 Å². The van der Waals surface area contributed by atoms with Gasteiger partial charge in [-0.05, 0) is 43.9 Å². The van der Waals surface area contributed by atoms with Gasteiger partial charge in [0.25, 0.3) is 0 Å². The number of rotatable bonds is 5. The highest BCUT2D eigenvalue weighted by molar-refractivity contribution is 6.19. The minimum atomic E-state index is -0.00977. The number of nitrogens with two attached hydrogens (primary N) is 1. The van der Waals surface area contributed by atoms with Crippen LogP contribution in [0.5, 0.6) is 5.75 Å². The Morgan fingerprint density at radius 3 is 2.78 bits per heavy atom. The van der Waals surface area contributed by atoms with Crippen molar-refractivity contribution in [3.8, 4) is 11.8 Å². The molecule has 0 radical (unpaired) electrons. The molecule has 1 unspecified atom stereocenters. The Morgan fingerprint density at radius 2 is 2.12 bits per heavy atom. The van der Waals surface area contributed by atoms with Crippen molar-refractivity contribution in [1.82, 2.24) is 14.5 Å². The summed E-state index contributed by atoms with van der Waals surface area (Å²) in [4.78, 5) is 16.1. The second-order valence-electron chi connectivity index (χ2n) is 8.15. The van der Waals surface area contributed by atoms with Crippen molar-refractivity contribution in [3.05, 3.63) is 47.7 Å². The predicted molar refractivity (Wildman–Crippen MR) is 126 cm³/mol. The number of ether oxygens (including phenoxy) is 1. The maximum atomic E-state index is 9.74. The van der Waals surface area contributed by atoms with Crippen LogP contribution < -0.4 is 10.5 Å². The van der Waals surface area contributed by atoms with Gasteiger partial charge in [-0.3, -0.25) is 4.57 Å². The van der Waals surface area contributed by atoms with Crippen LogP contribution in [0.2, 0.25) is 0 Å². The number of nitriles is 1. The van der Waals surface area contributed by atoms with Gasteiger partial charge < -0.3 is 15.4 Å². The first-order chi connectivity index (χ1) is 15.6. The van der Waals surface area contributed by atoms with Crippen LogP contribution in [-0.4, -0.2) is 39.8 Å². The Balaban J connectivity index is 1.99. The standard InChI is InChI=1S/C24H29N7O/c1-4-20-23-19(12-25)28-15-30(23)21(13-27-14-26)24(31(20)17-7-5-6-8-17)29-18-10-9-16(2)11-22(18)32-3/h9-11,13-15,17,20H,4-8H2,1-3H3,(H2,26,27)/b21-13+,29-24?. The van der Waals surface area contributed by atoms with Gasteiger partial charge >= 0.3 is 0 Å². The minimum Gasteiger partial charge on any atom is -0.494 e. The highest BCUT2D eigenvalue weighted by Crippen LogP contribution is 2.42. The second-order valence-corrected chi connectivity index (χ2v) is 8.15. The van der Waals surface area contributed by atoms with Crippen LogP contribution in [0.15, 0.2) is 40.7 Å². The smallest absolute Gasteiger partial charge is 0.164 e. The predicted octanol–water partition coefficient (Wildman–Crippen LogP) is 4.30. The second kappa shape index (κ2) is 9.27. The molecule has 1 aliphatic carbocycles. The van der Waals surface area contributed by atoms with Crippen LogP contribution in [0.3, 0.4) is 0 Å². The number of benzene rings is 1. The van der Waals surface area contributed by atoms with E-state index in [1.165, 1.54) is 19.2 Å². The van der Waals surface area contributed by atoms with E-state index >= 15 is 0 Å². The van der Waals surface area contributed by atoms with Gasteiger partial charge in [-0.1, -0.05) is 25.8 Å². The highest BCUT2D eigenvalue weighted by Gasteiger charge is 2.40. The number of aromatic nitrogens is 2. The maximum absolute atomic E-state index is 9.74. The molecule has 1 aromatic carbocycles. The molecule has 1 aromatic heterocycles. The number of methoxy groups -OCH3 is 1. The Kier molecular flexibility index (Phi) is 6.26. The SMILES string of the molecule is CCC1c2c(C#N)ncn2/C(=C/N=CN)C(=Nc2ccc(C)cc2OC)N1C1CCCC1. The molecule has 0 saturated heterocycles. The topological polar surface area (TPSA) is 105 Å². The Hall–Kier alpha value is -3.60. The fourth-order valence-electron chi connectivity index (χ4n) is 4.81. The quantitative estimate of drug-likeness (QED) is 0.561. The number of fused-ring (bicyclic) bond motifs is 1. The van der Waals surface area contributed by atoms with Crippen molar-refractivity contribution in [2.45, 2.75) is 58.0 Å². The summed E-state index contributed by atoms with van der Waals surface area (Å²) in [6.07, 6.45) is 10.0. The molecule has 0 spiro atoms. The molecule has 1 fully saturated rings. The van der Waals surface area contributed by atoms with Gasteiger partial charge in [0.05, 0.1) is 31.4 Å². The zero-order valence-electron chi connectivity index (χ0n) is 18.8. The molecule has 1 saturated carbocycles. The molecular formula is C24H29N7O. The van der Waals surface area contributed by atoms with Gasteiger partial charge in [-0.2, -0.15) is 5.26 Å². The minimum absolute atomic E-state index is 0.00977. The number of aliphatic imine (C=N–C) groups is 2. The van der Waals surface area contributed by atoms with Crippen LogP contribution >= 0.6 is 0 Å². The van der Waals surface area contributed by atoms with Crippen LogP contribution in [0, 0.1) is 18.3 Å². The summed E-state index contributed by atoms with van der Waals surface area (Å²) in [5.74, 6) is 1.51.